The Bertz CT molecular complexity index is 547. The van der Waals surface area contributed by atoms with Crippen molar-refractivity contribution in [1.82, 2.24) is 4.98 Å². The number of carbonyl (C=O) groups is 1. The van der Waals surface area contributed by atoms with Crippen molar-refractivity contribution in [3.05, 3.63) is 30.5 Å². The number of aromatic nitrogens is 1. The van der Waals surface area contributed by atoms with Gasteiger partial charge in [0.1, 0.15) is 0 Å². The summed E-state index contributed by atoms with van der Waals surface area (Å²) in [6.07, 6.45) is 9.09. The molecule has 25 heavy (non-hydrogen) atoms. The minimum Gasteiger partial charge on any atom is -0.481 e. The van der Waals surface area contributed by atoms with Crippen LogP contribution < -0.4 is 10.1 Å². The van der Waals surface area contributed by atoms with Crippen LogP contribution in [0.25, 0.3) is 0 Å². The summed E-state index contributed by atoms with van der Waals surface area (Å²) in [6, 6.07) is 1.83. The van der Waals surface area contributed by atoms with Gasteiger partial charge in [0.25, 0.3) is 0 Å². The summed E-state index contributed by atoms with van der Waals surface area (Å²) in [7, 11) is 1.58. The fourth-order valence-corrected chi connectivity index (χ4v) is 2.49. The maximum atomic E-state index is 11.3. The van der Waals surface area contributed by atoms with Crippen LogP contribution in [0.2, 0.25) is 0 Å². The van der Waals surface area contributed by atoms with E-state index in [-0.39, 0.29) is 5.91 Å². The van der Waals surface area contributed by atoms with Crippen molar-refractivity contribution in [3.8, 4) is 5.88 Å². The van der Waals surface area contributed by atoms with Crippen LogP contribution in [0.5, 0.6) is 5.88 Å². The molecule has 0 saturated heterocycles. The zero-order valence-electron chi connectivity index (χ0n) is 14.1. The van der Waals surface area contributed by atoms with Crippen LogP contribution in [0.15, 0.2) is 24.9 Å². The predicted molar refractivity (Wildman–Crippen MR) is 88.4 cm³/mol. The van der Waals surface area contributed by atoms with Gasteiger partial charge in [0.15, 0.2) is 0 Å². The largest absolute Gasteiger partial charge is 0.481 e. The lowest BCUT2D eigenvalue weighted by atomic mass is 9.98. The van der Waals surface area contributed by atoms with Crippen LogP contribution in [-0.2, 0) is 16.1 Å². The number of hydrogen-bond acceptors (Lipinski definition) is 4. The zero-order valence-corrected chi connectivity index (χ0v) is 14.1. The van der Waals surface area contributed by atoms with E-state index in [0.717, 1.165) is 18.4 Å². The summed E-state index contributed by atoms with van der Waals surface area (Å²) in [5.74, 6) is 0.267. The van der Waals surface area contributed by atoms with Crippen molar-refractivity contribution in [2.45, 2.75) is 51.5 Å². The highest BCUT2D eigenvalue weighted by Crippen LogP contribution is 2.25. The number of methoxy groups -OCH3 is 1. The Labute approximate surface area is 145 Å². The third-order valence-electron chi connectivity index (χ3n) is 3.60. The van der Waals surface area contributed by atoms with Gasteiger partial charge in [0.2, 0.25) is 11.8 Å². The van der Waals surface area contributed by atoms with E-state index in [2.05, 4.69) is 16.9 Å². The van der Waals surface area contributed by atoms with E-state index in [0.29, 0.717) is 24.3 Å². The van der Waals surface area contributed by atoms with Gasteiger partial charge in [-0.05, 0) is 25.0 Å². The molecule has 0 atom stereocenters. The number of hydrogen-bond donors (Lipinski definition) is 1. The van der Waals surface area contributed by atoms with Crippen molar-refractivity contribution in [2.75, 3.05) is 12.4 Å². The number of alkyl halides is 3. The normalized spacial score (nSPS) is 14.4. The Balaban J connectivity index is 0.000000705. The summed E-state index contributed by atoms with van der Waals surface area (Å²) >= 11 is 0. The van der Waals surface area contributed by atoms with Gasteiger partial charge in [-0.25, -0.2) is 4.98 Å². The van der Waals surface area contributed by atoms with Crippen LogP contribution in [0.1, 0.15) is 37.7 Å². The van der Waals surface area contributed by atoms with Crippen molar-refractivity contribution in [3.63, 3.8) is 0 Å². The van der Waals surface area contributed by atoms with E-state index >= 15 is 0 Å². The Morgan fingerprint density at radius 3 is 2.60 bits per heavy atom. The fourth-order valence-electron chi connectivity index (χ4n) is 2.49. The fraction of sp³-hybridized carbons (Fsp3) is 0.529. The number of ether oxygens (including phenoxy) is 2. The third kappa shape index (κ3) is 8.53. The van der Waals surface area contributed by atoms with Gasteiger partial charge in [-0.3, -0.25) is 4.79 Å². The SMILES string of the molecule is C=CC(=O)Nc1cnc(OC)c(COC2CCCCC2)c1.FC(F)F. The number of nitrogens with one attached hydrogen (secondary N) is 1. The topological polar surface area (TPSA) is 60.5 Å². The Kier molecular flexibility index (Phi) is 9.61. The molecule has 0 unspecified atom stereocenters. The lowest BCUT2D eigenvalue weighted by Gasteiger charge is -2.22. The van der Waals surface area contributed by atoms with Gasteiger partial charge in [-0.15, -0.1) is 0 Å². The van der Waals surface area contributed by atoms with Gasteiger partial charge >= 0.3 is 6.68 Å². The average Bonchev–Trinajstić information content (AvgIpc) is 2.60. The first-order valence-electron chi connectivity index (χ1n) is 7.96. The predicted octanol–water partition coefficient (Wildman–Crippen LogP) is 4.24. The first-order valence-corrected chi connectivity index (χ1v) is 7.96. The molecule has 5 nitrogen and oxygen atoms in total. The summed E-state index contributed by atoms with van der Waals surface area (Å²) < 4.78 is 40.2. The zero-order chi connectivity index (χ0) is 18.7. The molecule has 1 aliphatic rings. The second-order valence-electron chi connectivity index (χ2n) is 5.40. The summed E-state index contributed by atoms with van der Waals surface area (Å²) in [5, 5.41) is 2.69. The molecule has 0 aromatic carbocycles. The quantitative estimate of drug-likeness (QED) is 0.771. The minimum atomic E-state index is -3.67. The second-order valence-corrected chi connectivity index (χ2v) is 5.40. The monoisotopic (exact) mass is 360 g/mol. The van der Waals surface area contributed by atoms with Crippen LogP contribution in [0.3, 0.4) is 0 Å². The Morgan fingerprint density at radius 2 is 2.04 bits per heavy atom. The van der Waals surface area contributed by atoms with Crippen molar-refractivity contribution >= 4 is 11.6 Å². The lowest BCUT2D eigenvalue weighted by Crippen LogP contribution is -2.17. The van der Waals surface area contributed by atoms with Crippen molar-refractivity contribution in [2.24, 2.45) is 0 Å². The Hall–Kier alpha value is -2.09. The van der Waals surface area contributed by atoms with E-state index in [4.69, 9.17) is 9.47 Å². The molecule has 1 aliphatic carbocycles. The lowest BCUT2D eigenvalue weighted by molar-refractivity contribution is -0.111. The highest BCUT2D eigenvalue weighted by atomic mass is 19.4. The molecule has 1 N–H and O–H groups in total. The maximum Gasteiger partial charge on any atom is 0.379 e. The van der Waals surface area contributed by atoms with E-state index in [1.165, 1.54) is 25.3 Å². The molecule has 0 bridgehead atoms. The molecule has 0 aliphatic heterocycles. The Morgan fingerprint density at radius 1 is 1.40 bits per heavy atom. The van der Waals surface area contributed by atoms with E-state index in [1.807, 2.05) is 6.07 Å². The number of rotatable bonds is 6. The van der Waals surface area contributed by atoms with Gasteiger partial charge in [-0.1, -0.05) is 25.8 Å². The number of carbonyl (C=O) groups excluding carboxylic acids is 1. The highest BCUT2D eigenvalue weighted by molar-refractivity contribution is 5.98. The van der Waals surface area contributed by atoms with Crippen LogP contribution in [0, 0.1) is 0 Å². The van der Waals surface area contributed by atoms with Gasteiger partial charge in [-0.2, -0.15) is 13.2 Å². The molecule has 1 fully saturated rings. The van der Waals surface area contributed by atoms with Crippen LogP contribution >= 0.6 is 0 Å². The number of anilines is 1. The van der Waals surface area contributed by atoms with Crippen LogP contribution in [-0.4, -0.2) is 30.8 Å². The van der Waals surface area contributed by atoms with E-state index in [1.54, 1.807) is 13.3 Å². The first-order chi connectivity index (χ1) is 12.0. The van der Waals surface area contributed by atoms with Gasteiger partial charge in [0, 0.05) is 5.56 Å². The molecule has 1 heterocycles. The molecule has 0 radical (unpaired) electrons. The number of nitrogens with zero attached hydrogens (tertiary/aromatic N) is 1. The third-order valence-corrected chi connectivity index (χ3v) is 3.60. The average molecular weight is 360 g/mol. The first kappa shape index (κ1) is 21.0. The van der Waals surface area contributed by atoms with Crippen molar-refractivity contribution in [1.29, 1.82) is 0 Å². The van der Waals surface area contributed by atoms with Gasteiger partial charge in [0.05, 0.1) is 31.7 Å². The molecule has 1 aromatic heterocycles. The summed E-state index contributed by atoms with van der Waals surface area (Å²) in [6.45, 7) is 0.205. The number of pyridine rings is 1. The smallest absolute Gasteiger partial charge is 0.379 e. The second kappa shape index (κ2) is 11.5. The number of halogens is 3. The number of amides is 1. The maximum absolute atomic E-state index is 11.3. The van der Waals surface area contributed by atoms with E-state index in [9.17, 15) is 18.0 Å². The molecule has 1 amide bonds. The summed E-state index contributed by atoms with van der Waals surface area (Å²) in [4.78, 5) is 15.5. The summed E-state index contributed by atoms with van der Waals surface area (Å²) in [5.41, 5.74) is 1.45. The van der Waals surface area contributed by atoms with Gasteiger partial charge < -0.3 is 14.8 Å². The van der Waals surface area contributed by atoms with E-state index < -0.39 is 6.68 Å². The standard InChI is InChI=1S/C16H22N2O3.CHF3/c1-3-15(19)18-13-9-12(16(20-2)17-10-13)11-21-14-7-5-4-6-8-14;2-1(3)4/h3,9-10,14H,1,4-8,11H2,2H3,(H,18,19);1H. The highest BCUT2D eigenvalue weighted by Gasteiger charge is 2.15. The molecular weight excluding hydrogens is 337 g/mol. The molecule has 1 saturated carbocycles. The molecule has 8 heteroatoms. The minimum absolute atomic E-state index is 0.263. The van der Waals surface area contributed by atoms with Crippen molar-refractivity contribution < 1.29 is 27.4 Å². The molecule has 1 aromatic rings. The molecule has 140 valence electrons. The molecular formula is C17H23F3N2O3. The van der Waals surface area contributed by atoms with Crippen LogP contribution in [0.4, 0.5) is 18.9 Å². The molecule has 0 spiro atoms. The molecule has 2 rings (SSSR count).